The fraction of sp³-hybridized carbons (Fsp3) is 0.700. The maximum Gasteiger partial charge on any atom is 0.0232 e. The van der Waals surface area contributed by atoms with Crippen molar-refractivity contribution in [3.05, 3.63) is 35.4 Å². The van der Waals surface area contributed by atoms with Crippen LogP contribution in [0.15, 0.2) is 24.3 Å². The van der Waals surface area contributed by atoms with Gasteiger partial charge in [-0.2, -0.15) is 0 Å². The first-order chi connectivity index (χ1) is 10.5. The molecule has 1 heterocycles. The molecular weight excluding hydrogens is 268 g/mol. The first-order valence-corrected chi connectivity index (χ1v) is 8.98. The zero-order valence-electron chi connectivity index (χ0n) is 15.0. The van der Waals surface area contributed by atoms with Gasteiger partial charge in [-0.3, -0.25) is 0 Å². The van der Waals surface area contributed by atoms with Gasteiger partial charge < -0.3 is 10.2 Å². The van der Waals surface area contributed by atoms with Crippen molar-refractivity contribution in [2.45, 2.75) is 64.3 Å². The lowest BCUT2D eigenvalue weighted by molar-refractivity contribution is 0.253. The summed E-state index contributed by atoms with van der Waals surface area (Å²) in [5, 5.41) is 3.52. The molecule has 22 heavy (non-hydrogen) atoms. The minimum absolute atomic E-state index is 0.243. The van der Waals surface area contributed by atoms with Crippen LogP contribution < -0.4 is 5.32 Å². The normalized spacial score (nSPS) is 18.9. The first-order valence-electron chi connectivity index (χ1n) is 8.98. The van der Waals surface area contributed by atoms with E-state index < -0.39 is 0 Å². The van der Waals surface area contributed by atoms with E-state index in [0.29, 0.717) is 6.04 Å². The summed E-state index contributed by atoms with van der Waals surface area (Å²) < 4.78 is 0. The van der Waals surface area contributed by atoms with Crippen molar-refractivity contribution in [2.75, 3.05) is 26.7 Å². The summed E-state index contributed by atoms with van der Waals surface area (Å²) in [7, 11) is 2.10. The third kappa shape index (κ3) is 5.40. The molecule has 0 aromatic heterocycles. The second kappa shape index (κ2) is 8.12. The largest absolute Gasteiger partial charge is 0.315 e. The Morgan fingerprint density at radius 1 is 1.00 bits per heavy atom. The van der Waals surface area contributed by atoms with E-state index in [4.69, 9.17) is 0 Å². The molecule has 1 aromatic carbocycles. The van der Waals surface area contributed by atoms with E-state index in [1.165, 1.54) is 56.4 Å². The maximum atomic E-state index is 3.52. The highest BCUT2D eigenvalue weighted by atomic mass is 15.1. The molecule has 2 heteroatoms. The number of hydrogen-bond acceptors (Lipinski definition) is 2. The number of benzene rings is 1. The lowest BCUT2D eigenvalue weighted by Gasteiger charge is -2.26. The molecule has 0 radical (unpaired) electrons. The van der Waals surface area contributed by atoms with Gasteiger partial charge in [0.15, 0.2) is 0 Å². The number of likely N-dealkylation sites (tertiary alicyclic amines) is 1. The summed E-state index contributed by atoms with van der Waals surface area (Å²) in [6.07, 6.45) is 6.69. The molecule has 1 unspecified atom stereocenters. The third-order valence-corrected chi connectivity index (χ3v) is 4.89. The van der Waals surface area contributed by atoms with Crippen LogP contribution in [0.2, 0.25) is 0 Å². The summed E-state index contributed by atoms with van der Waals surface area (Å²) >= 11 is 0. The molecule has 0 saturated carbocycles. The molecule has 124 valence electrons. The van der Waals surface area contributed by atoms with Gasteiger partial charge in [-0.15, -0.1) is 0 Å². The van der Waals surface area contributed by atoms with Gasteiger partial charge in [0, 0.05) is 12.6 Å². The van der Waals surface area contributed by atoms with Crippen LogP contribution in [0.4, 0.5) is 0 Å². The van der Waals surface area contributed by atoms with Crippen molar-refractivity contribution in [3.63, 3.8) is 0 Å². The zero-order chi connectivity index (χ0) is 16.0. The van der Waals surface area contributed by atoms with E-state index in [2.05, 4.69) is 62.3 Å². The molecule has 1 N–H and O–H groups in total. The van der Waals surface area contributed by atoms with Gasteiger partial charge in [0.2, 0.25) is 0 Å². The number of nitrogens with zero attached hydrogens (tertiary/aromatic N) is 1. The van der Waals surface area contributed by atoms with Crippen molar-refractivity contribution in [1.29, 1.82) is 0 Å². The molecule has 0 aliphatic carbocycles. The monoisotopic (exact) mass is 302 g/mol. The lowest BCUT2D eigenvalue weighted by Crippen LogP contribution is -2.41. The average molecular weight is 303 g/mol. The van der Waals surface area contributed by atoms with Crippen molar-refractivity contribution < 1.29 is 0 Å². The molecular formula is C20H34N2. The summed E-state index contributed by atoms with van der Waals surface area (Å²) in [6, 6.07) is 9.78. The number of likely N-dealkylation sites (N-methyl/N-ethyl adjacent to an activating group) is 1. The van der Waals surface area contributed by atoms with Gasteiger partial charge in [0.1, 0.15) is 0 Å². The molecule has 2 rings (SSSR count). The lowest BCUT2D eigenvalue weighted by atomic mass is 9.86. The van der Waals surface area contributed by atoms with E-state index in [1.807, 2.05) is 0 Å². The molecule has 2 nitrogen and oxygen atoms in total. The standard InChI is InChI=1S/C20H34N2/c1-20(2,3)18-11-9-17(10-12-18)15-19(21-4)16-22-13-7-5-6-8-14-22/h9-12,19,21H,5-8,13-16H2,1-4H3. The molecule has 1 aromatic rings. The fourth-order valence-corrected chi connectivity index (χ4v) is 3.31. The van der Waals surface area contributed by atoms with E-state index in [1.54, 1.807) is 0 Å². The van der Waals surface area contributed by atoms with Gasteiger partial charge in [-0.1, -0.05) is 57.9 Å². The quantitative estimate of drug-likeness (QED) is 0.884. The summed E-state index contributed by atoms with van der Waals surface area (Å²) in [5.41, 5.74) is 3.11. The summed E-state index contributed by atoms with van der Waals surface area (Å²) in [4.78, 5) is 2.65. The van der Waals surface area contributed by atoms with Crippen LogP contribution in [0.25, 0.3) is 0 Å². The third-order valence-electron chi connectivity index (χ3n) is 4.89. The van der Waals surface area contributed by atoms with E-state index >= 15 is 0 Å². The molecule has 1 fully saturated rings. The molecule has 1 aliphatic heterocycles. The smallest absolute Gasteiger partial charge is 0.0232 e. The fourth-order valence-electron chi connectivity index (χ4n) is 3.31. The minimum Gasteiger partial charge on any atom is -0.315 e. The highest BCUT2D eigenvalue weighted by Crippen LogP contribution is 2.22. The van der Waals surface area contributed by atoms with Crippen molar-refractivity contribution in [3.8, 4) is 0 Å². The summed E-state index contributed by atoms with van der Waals surface area (Å²) in [5.74, 6) is 0. The number of hydrogen-bond donors (Lipinski definition) is 1. The highest BCUT2D eigenvalue weighted by Gasteiger charge is 2.16. The Morgan fingerprint density at radius 2 is 1.59 bits per heavy atom. The number of rotatable bonds is 5. The Balaban J connectivity index is 1.91. The molecule has 1 atom stereocenters. The highest BCUT2D eigenvalue weighted by molar-refractivity contribution is 5.28. The predicted molar refractivity (Wildman–Crippen MR) is 96.6 cm³/mol. The SMILES string of the molecule is CNC(Cc1ccc(C(C)(C)C)cc1)CN1CCCCCC1. The van der Waals surface area contributed by atoms with Gasteiger partial charge >= 0.3 is 0 Å². The Hall–Kier alpha value is -0.860. The van der Waals surface area contributed by atoms with Crippen LogP contribution in [-0.2, 0) is 11.8 Å². The molecule has 1 saturated heterocycles. The molecule has 0 bridgehead atoms. The van der Waals surface area contributed by atoms with E-state index in [0.717, 1.165) is 6.42 Å². The maximum absolute atomic E-state index is 3.52. The first kappa shape index (κ1) is 17.5. The van der Waals surface area contributed by atoms with Crippen molar-refractivity contribution >= 4 is 0 Å². The van der Waals surface area contributed by atoms with Gasteiger partial charge in [0.05, 0.1) is 0 Å². The van der Waals surface area contributed by atoms with Gasteiger partial charge in [-0.05, 0) is 55.9 Å². The zero-order valence-corrected chi connectivity index (χ0v) is 15.0. The van der Waals surface area contributed by atoms with Crippen LogP contribution in [0, 0.1) is 0 Å². The van der Waals surface area contributed by atoms with Crippen LogP contribution in [0.5, 0.6) is 0 Å². The minimum atomic E-state index is 0.243. The van der Waals surface area contributed by atoms with Crippen LogP contribution >= 0.6 is 0 Å². The van der Waals surface area contributed by atoms with E-state index in [-0.39, 0.29) is 5.41 Å². The second-order valence-corrected chi connectivity index (χ2v) is 7.85. The van der Waals surface area contributed by atoms with Crippen LogP contribution in [0.1, 0.15) is 57.6 Å². The molecule has 1 aliphatic rings. The second-order valence-electron chi connectivity index (χ2n) is 7.85. The molecule has 0 spiro atoms. The Bertz CT molecular complexity index is 422. The van der Waals surface area contributed by atoms with Gasteiger partial charge in [-0.25, -0.2) is 0 Å². The van der Waals surface area contributed by atoms with E-state index in [9.17, 15) is 0 Å². The van der Waals surface area contributed by atoms with Crippen LogP contribution in [0.3, 0.4) is 0 Å². The van der Waals surface area contributed by atoms with Crippen LogP contribution in [-0.4, -0.2) is 37.6 Å². The van der Waals surface area contributed by atoms with Crippen molar-refractivity contribution in [2.24, 2.45) is 0 Å². The number of nitrogens with one attached hydrogen (secondary N) is 1. The predicted octanol–water partition coefficient (Wildman–Crippen LogP) is 3.99. The molecule has 0 amide bonds. The van der Waals surface area contributed by atoms with Crippen molar-refractivity contribution in [1.82, 2.24) is 10.2 Å². The Kier molecular flexibility index (Phi) is 6.46. The van der Waals surface area contributed by atoms with Gasteiger partial charge in [0.25, 0.3) is 0 Å². The average Bonchev–Trinajstić information content (AvgIpc) is 2.75. The topological polar surface area (TPSA) is 15.3 Å². The Labute approximate surface area is 137 Å². The Morgan fingerprint density at radius 3 is 2.09 bits per heavy atom. The summed E-state index contributed by atoms with van der Waals surface area (Å²) in [6.45, 7) is 10.6.